The number of sulfonamides is 1. The summed E-state index contributed by atoms with van der Waals surface area (Å²) in [5.41, 5.74) is 1.54. The van der Waals surface area contributed by atoms with E-state index >= 15 is 0 Å². The third-order valence-corrected chi connectivity index (χ3v) is 5.19. The summed E-state index contributed by atoms with van der Waals surface area (Å²) in [5.74, 6) is 1.81. The molecule has 23 heavy (non-hydrogen) atoms. The largest absolute Gasteiger partial charge is 0.493 e. The summed E-state index contributed by atoms with van der Waals surface area (Å²) in [4.78, 5) is 0.135. The Labute approximate surface area is 134 Å². The van der Waals surface area contributed by atoms with Crippen molar-refractivity contribution in [1.82, 2.24) is 0 Å². The maximum Gasteiger partial charge on any atom is 0.262 e. The van der Waals surface area contributed by atoms with E-state index in [4.69, 9.17) is 14.2 Å². The van der Waals surface area contributed by atoms with Crippen LogP contribution in [0.4, 0.5) is 5.69 Å². The van der Waals surface area contributed by atoms with Crippen molar-refractivity contribution in [3.05, 3.63) is 42.0 Å². The van der Waals surface area contributed by atoms with E-state index in [-0.39, 0.29) is 11.7 Å². The standard InChI is InChI=1S/C16H15NO5S/c18-23(19,13-4-6-15-16(9-13)22-10-21-15)17-12-3-5-14-11(8-12)2-1-7-20-14/h3-6,8-9,17H,1-2,7,10H2. The molecule has 2 aliphatic heterocycles. The lowest BCUT2D eigenvalue weighted by Gasteiger charge is -2.18. The topological polar surface area (TPSA) is 73.9 Å². The van der Waals surface area contributed by atoms with E-state index < -0.39 is 10.0 Å². The van der Waals surface area contributed by atoms with Gasteiger partial charge in [-0.1, -0.05) is 0 Å². The van der Waals surface area contributed by atoms with Gasteiger partial charge in [-0.15, -0.1) is 0 Å². The van der Waals surface area contributed by atoms with Gasteiger partial charge in [-0.25, -0.2) is 8.42 Å². The first-order chi connectivity index (χ1) is 11.1. The van der Waals surface area contributed by atoms with Crippen molar-refractivity contribution >= 4 is 15.7 Å². The van der Waals surface area contributed by atoms with Crippen molar-refractivity contribution in [2.24, 2.45) is 0 Å². The predicted octanol–water partition coefficient (Wildman–Crippen LogP) is 2.54. The molecule has 2 heterocycles. The lowest BCUT2D eigenvalue weighted by atomic mass is 10.1. The molecule has 2 aromatic rings. The molecule has 6 nitrogen and oxygen atoms in total. The smallest absolute Gasteiger partial charge is 0.262 e. The fourth-order valence-corrected chi connectivity index (χ4v) is 3.75. The Morgan fingerprint density at radius 1 is 0.913 bits per heavy atom. The number of anilines is 1. The van der Waals surface area contributed by atoms with Crippen LogP contribution < -0.4 is 18.9 Å². The lowest BCUT2D eigenvalue weighted by molar-refractivity contribution is 0.174. The zero-order chi connectivity index (χ0) is 15.9. The van der Waals surface area contributed by atoms with E-state index in [0.717, 1.165) is 24.2 Å². The van der Waals surface area contributed by atoms with Gasteiger partial charge in [0.1, 0.15) is 5.75 Å². The first kappa shape index (κ1) is 14.2. The van der Waals surface area contributed by atoms with Crippen LogP contribution in [-0.2, 0) is 16.4 Å². The summed E-state index contributed by atoms with van der Waals surface area (Å²) in [7, 11) is -3.69. The van der Waals surface area contributed by atoms with E-state index in [9.17, 15) is 8.42 Å². The molecule has 0 spiro atoms. The van der Waals surface area contributed by atoms with E-state index in [1.54, 1.807) is 18.2 Å². The number of aryl methyl sites for hydroxylation is 1. The van der Waals surface area contributed by atoms with Gasteiger partial charge in [0.25, 0.3) is 10.0 Å². The summed E-state index contributed by atoms with van der Waals surface area (Å²) in [6.07, 6.45) is 1.82. The average molecular weight is 333 g/mol. The molecular formula is C16H15NO5S. The third-order valence-electron chi connectivity index (χ3n) is 3.82. The number of nitrogens with one attached hydrogen (secondary N) is 1. The highest BCUT2D eigenvalue weighted by Gasteiger charge is 2.21. The second-order valence-electron chi connectivity index (χ2n) is 5.40. The van der Waals surface area contributed by atoms with Crippen LogP contribution in [0.2, 0.25) is 0 Å². The van der Waals surface area contributed by atoms with Crippen LogP contribution in [0.3, 0.4) is 0 Å². The van der Waals surface area contributed by atoms with Gasteiger partial charge in [-0.2, -0.15) is 0 Å². The van der Waals surface area contributed by atoms with Crippen LogP contribution in [0.15, 0.2) is 41.3 Å². The minimum Gasteiger partial charge on any atom is -0.493 e. The van der Waals surface area contributed by atoms with Crippen LogP contribution in [0.1, 0.15) is 12.0 Å². The molecule has 7 heteroatoms. The summed E-state index contributed by atoms with van der Waals surface area (Å²) in [6.45, 7) is 0.812. The van der Waals surface area contributed by atoms with Crippen LogP contribution >= 0.6 is 0 Å². The Hall–Kier alpha value is -2.41. The number of rotatable bonds is 3. The van der Waals surface area contributed by atoms with Gasteiger partial charge in [0, 0.05) is 11.8 Å². The van der Waals surface area contributed by atoms with Gasteiger partial charge in [-0.3, -0.25) is 4.72 Å². The highest BCUT2D eigenvalue weighted by Crippen LogP contribution is 2.34. The van der Waals surface area contributed by atoms with Crippen LogP contribution in [-0.4, -0.2) is 21.8 Å². The molecule has 0 bridgehead atoms. The highest BCUT2D eigenvalue weighted by atomic mass is 32.2. The summed E-state index contributed by atoms with van der Waals surface area (Å²) in [5, 5.41) is 0. The molecule has 0 unspecified atom stereocenters. The van der Waals surface area contributed by atoms with Crippen LogP contribution in [0, 0.1) is 0 Å². The average Bonchev–Trinajstić information content (AvgIpc) is 3.02. The molecule has 0 atom stereocenters. The predicted molar refractivity (Wildman–Crippen MR) is 83.6 cm³/mol. The second-order valence-corrected chi connectivity index (χ2v) is 7.08. The van der Waals surface area contributed by atoms with Gasteiger partial charge < -0.3 is 14.2 Å². The minimum atomic E-state index is -3.69. The Bertz CT molecular complexity index is 863. The van der Waals surface area contributed by atoms with Crippen molar-refractivity contribution in [2.75, 3.05) is 18.1 Å². The Morgan fingerprint density at radius 3 is 2.65 bits per heavy atom. The van der Waals surface area contributed by atoms with E-state index in [2.05, 4.69) is 4.72 Å². The number of hydrogen-bond donors (Lipinski definition) is 1. The lowest BCUT2D eigenvalue weighted by Crippen LogP contribution is -2.14. The van der Waals surface area contributed by atoms with Crippen molar-refractivity contribution in [3.8, 4) is 17.2 Å². The molecule has 1 N–H and O–H groups in total. The molecule has 0 amide bonds. The highest BCUT2D eigenvalue weighted by molar-refractivity contribution is 7.92. The Balaban J connectivity index is 1.62. The Morgan fingerprint density at radius 2 is 1.74 bits per heavy atom. The fourth-order valence-electron chi connectivity index (χ4n) is 2.68. The third kappa shape index (κ3) is 2.68. The molecule has 0 saturated carbocycles. The molecule has 2 aromatic carbocycles. The molecule has 0 aliphatic carbocycles. The van der Waals surface area contributed by atoms with Crippen LogP contribution in [0.25, 0.3) is 0 Å². The van der Waals surface area contributed by atoms with Gasteiger partial charge in [0.2, 0.25) is 6.79 Å². The zero-order valence-corrected chi connectivity index (χ0v) is 13.1. The molecule has 0 radical (unpaired) electrons. The maximum atomic E-state index is 12.5. The van der Waals surface area contributed by atoms with Gasteiger partial charge in [0.05, 0.1) is 11.5 Å². The molecule has 2 aliphatic rings. The zero-order valence-electron chi connectivity index (χ0n) is 12.2. The number of ether oxygens (including phenoxy) is 3. The van der Waals surface area contributed by atoms with Crippen molar-refractivity contribution in [3.63, 3.8) is 0 Å². The Kier molecular flexibility index (Phi) is 3.30. The summed E-state index contributed by atoms with van der Waals surface area (Å²) < 4.78 is 43.6. The van der Waals surface area contributed by atoms with E-state index in [1.165, 1.54) is 12.1 Å². The maximum absolute atomic E-state index is 12.5. The number of fused-ring (bicyclic) bond motifs is 2. The minimum absolute atomic E-state index is 0.108. The summed E-state index contributed by atoms with van der Waals surface area (Å²) in [6, 6.07) is 9.88. The molecule has 0 aromatic heterocycles. The van der Waals surface area contributed by atoms with Gasteiger partial charge in [-0.05, 0) is 48.7 Å². The normalized spacial score (nSPS) is 15.7. The van der Waals surface area contributed by atoms with Crippen molar-refractivity contribution in [1.29, 1.82) is 0 Å². The van der Waals surface area contributed by atoms with E-state index in [1.807, 2.05) is 6.07 Å². The monoisotopic (exact) mass is 333 g/mol. The van der Waals surface area contributed by atoms with Crippen molar-refractivity contribution < 1.29 is 22.6 Å². The molecule has 0 fully saturated rings. The number of hydrogen-bond acceptors (Lipinski definition) is 5. The second kappa shape index (κ2) is 5.34. The van der Waals surface area contributed by atoms with Crippen LogP contribution in [0.5, 0.6) is 17.2 Å². The van der Waals surface area contributed by atoms with Gasteiger partial charge >= 0.3 is 0 Å². The van der Waals surface area contributed by atoms with Crippen molar-refractivity contribution in [2.45, 2.75) is 17.7 Å². The SMILES string of the molecule is O=S(=O)(Nc1ccc2c(c1)CCCO2)c1ccc2c(c1)OCO2. The molecule has 4 rings (SSSR count). The van der Waals surface area contributed by atoms with E-state index in [0.29, 0.717) is 23.8 Å². The molecular weight excluding hydrogens is 318 g/mol. The first-order valence-corrected chi connectivity index (χ1v) is 8.78. The first-order valence-electron chi connectivity index (χ1n) is 7.30. The quantitative estimate of drug-likeness (QED) is 0.934. The van der Waals surface area contributed by atoms with Gasteiger partial charge in [0.15, 0.2) is 11.5 Å². The number of benzene rings is 2. The molecule has 0 saturated heterocycles. The summed E-state index contributed by atoms with van der Waals surface area (Å²) >= 11 is 0. The molecule has 120 valence electrons. The fraction of sp³-hybridized carbons (Fsp3) is 0.250.